The summed E-state index contributed by atoms with van der Waals surface area (Å²) < 4.78 is 26.9. The van der Waals surface area contributed by atoms with Crippen molar-refractivity contribution in [2.24, 2.45) is 0 Å². The van der Waals surface area contributed by atoms with Crippen LogP contribution >= 0.6 is 0 Å². The number of benzene rings is 1. The molecule has 19 heavy (non-hydrogen) atoms. The van der Waals surface area contributed by atoms with Gasteiger partial charge in [-0.2, -0.15) is 5.26 Å². The molecule has 1 heterocycles. The molecule has 0 fully saturated rings. The molecule has 0 spiro atoms. The van der Waals surface area contributed by atoms with Crippen molar-refractivity contribution < 1.29 is 13.6 Å². The molecule has 96 valence electrons. The van der Waals surface area contributed by atoms with Crippen LogP contribution in [-0.2, 0) is 11.3 Å². The maximum atomic E-state index is 12.9. The first-order valence-corrected chi connectivity index (χ1v) is 5.13. The largest absolute Gasteiger partial charge is 0.324 e. The number of halogens is 2. The summed E-state index contributed by atoms with van der Waals surface area (Å²) >= 11 is 0. The van der Waals surface area contributed by atoms with E-state index in [-0.39, 0.29) is 18.1 Å². The molecule has 0 bridgehead atoms. The third-order valence-corrected chi connectivity index (χ3v) is 2.23. The van der Waals surface area contributed by atoms with E-state index in [0.29, 0.717) is 0 Å². The molecule has 0 saturated carbocycles. The van der Waals surface area contributed by atoms with Gasteiger partial charge >= 0.3 is 0 Å². The van der Waals surface area contributed by atoms with Crippen molar-refractivity contribution in [1.82, 2.24) is 14.8 Å². The van der Waals surface area contributed by atoms with Crippen molar-refractivity contribution in [3.63, 3.8) is 0 Å². The molecule has 0 atom stereocenters. The third kappa shape index (κ3) is 2.90. The molecule has 0 aliphatic heterocycles. The fourth-order valence-electron chi connectivity index (χ4n) is 1.39. The van der Waals surface area contributed by atoms with Crippen LogP contribution in [0.2, 0.25) is 0 Å². The van der Waals surface area contributed by atoms with Crippen LogP contribution < -0.4 is 5.32 Å². The van der Waals surface area contributed by atoms with Gasteiger partial charge in [0.05, 0.1) is 0 Å². The quantitative estimate of drug-likeness (QED) is 0.897. The van der Waals surface area contributed by atoms with Crippen LogP contribution in [0.25, 0.3) is 0 Å². The molecule has 0 unspecified atom stereocenters. The Morgan fingerprint density at radius 2 is 2.21 bits per heavy atom. The Balaban J connectivity index is 2.06. The normalized spacial score (nSPS) is 9.95. The minimum absolute atomic E-state index is 0.0135. The van der Waals surface area contributed by atoms with Crippen LogP contribution in [0.1, 0.15) is 5.82 Å². The van der Waals surface area contributed by atoms with Gasteiger partial charge < -0.3 is 5.32 Å². The number of carbonyl (C=O) groups excluding carboxylic acids is 1. The van der Waals surface area contributed by atoms with E-state index >= 15 is 0 Å². The minimum atomic E-state index is -1.06. The second kappa shape index (κ2) is 5.22. The molecular weight excluding hydrogens is 256 g/mol. The average molecular weight is 263 g/mol. The monoisotopic (exact) mass is 263 g/mol. The number of anilines is 1. The summed E-state index contributed by atoms with van der Waals surface area (Å²) in [4.78, 5) is 11.6. The van der Waals surface area contributed by atoms with E-state index in [2.05, 4.69) is 15.5 Å². The van der Waals surface area contributed by atoms with Crippen molar-refractivity contribution >= 4 is 11.6 Å². The fraction of sp³-hybridized carbons (Fsp3) is 0.0909. The highest BCUT2D eigenvalue weighted by molar-refractivity contribution is 5.90. The van der Waals surface area contributed by atoms with E-state index in [0.717, 1.165) is 12.1 Å². The average Bonchev–Trinajstić information content (AvgIpc) is 2.81. The maximum absolute atomic E-state index is 12.9. The summed E-state index contributed by atoms with van der Waals surface area (Å²) in [5.74, 6) is -2.58. The van der Waals surface area contributed by atoms with Gasteiger partial charge in [0.1, 0.15) is 18.9 Å². The van der Waals surface area contributed by atoms with Crippen LogP contribution in [-0.4, -0.2) is 20.7 Å². The van der Waals surface area contributed by atoms with Gasteiger partial charge in [-0.3, -0.25) is 9.36 Å². The molecule has 6 nitrogen and oxygen atoms in total. The van der Waals surface area contributed by atoms with Crippen molar-refractivity contribution in [1.29, 1.82) is 5.26 Å². The van der Waals surface area contributed by atoms with E-state index in [9.17, 15) is 13.6 Å². The van der Waals surface area contributed by atoms with E-state index < -0.39 is 17.5 Å². The number of amides is 1. The fourth-order valence-corrected chi connectivity index (χ4v) is 1.39. The van der Waals surface area contributed by atoms with Gasteiger partial charge in [0, 0.05) is 11.8 Å². The van der Waals surface area contributed by atoms with Crippen LogP contribution in [0.5, 0.6) is 0 Å². The number of nitrogens with zero attached hydrogens (tertiary/aromatic N) is 4. The zero-order valence-electron chi connectivity index (χ0n) is 9.47. The Morgan fingerprint density at radius 1 is 1.42 bits per heavy atom. The number of hydrogen-bond donors (Lipinski definition) is 1. The van der Waals surface area contributed by atoms with E-state index in [1.54, 1.807) is 6.07 Å². The van der Waals surface area contributed by atoms with Crippen LogP contribution in [0.15, 0.2) is 24.5 Å². The Morgan fingerprint density at radius 3 is 2.89 bits per heavy atom. The first-order chi connectivity index (χ1) is 9.10. The molecule has 8 heteroatoms. The van der Waals surface area contributed by atoms with Crippen molar-refractivity contribution in [2.75, 3.05) is 5.32 Å². The topological polar surface area (TPSA) is 83.6 Å². The first kappa shape index (κ1) is 12.6. The number of nitrogens with one attached hydrogen (secondary N) is 1. The molecule has 1 amide bonds. The Hall–Kier alpha value is -2.82. The standard InChI is InChI=1S/C11H7F2N5O/c12-8-2-1-7(3-9(8)13)16-11(19)5-18-6-15-17-10(18)4-14/h1-3,6H,5H2,(H,16,19). The SMILES string of the molecule is N#Cc1nncn1CC(=O)Nc1ccc(F)c(F)c1. The summed E-state index contributed by atoms with van der Waals surface area (Å²) in [5.41, 5.74) is 0.121. The molecule has 0 saturated heterocycles. The number of rotatable bonds is 3. The van der Waals surface area contributed by atoms with Crippen molar-refractivity contribution in [2.45, 2.75) is 6.54 Å². The van der Waals surface area contributed by atoms with Crippen molar-refractivity contribution in [3.8, 4) is 6.07 Å². The van der Waals surface area contributed by atoms with Gasteiger partial charge in [0.15, 0.2) is 11.6 Å². The molecule has 0 radical (unpaired) electrons. The van der Waals surface area contributed by atoms with E-state index in [1.165, 1.54) is 17.0 Å². The highest BCUT2D eigenvalue weighted by atomic mass is 19.2. The van der Waals surface area contributed by atoms with Gasteiger partial charge in [-0.15, -0.1) is 10.2 Å². The number of hydrogen-bond acceptors (Lipinski definition) is 4. The third-order valence-electron chi connectivity index (χ3n) is 2.23. The maximum Gasteiger partial charge on any atom is 0.244 e. The molecular formula is C11H7F2N5O. The van der Waals surface area contributed by atoms with Crippen LogP contribution in [0.3, 0.4) is 0 Å². The zero-order valence-corrected chi connectivity index (χ0v) is 9.47. The first-order valence-electron chi connectivity index (χ1n) is 5.13. The van der Waals surface area contributed by atoms with Gasteiger partial charge in [-0.1, -0.05) is 0 Å². The lowest BCUT2D eigenvalue weighted by Crippen LogP contribution is -2.19. The van der Waals surface area contributed by atoms with Gasteiger partial charge in [0.2, 0.25) is 11.7 Å². The molecule has 0 aliphatic carbocycles. The zero-order chi connectivity index (χ0) is 13.8. The number of carbonyl (C=O) groups is 1. The number of aromatic nitrogens is 3. The minimum Gasteiger partial charge on any atom is -0.324 e. The molecule has 1 aromatic heterocycles. The lowest BCUT2D eigenvalue weighted by molar-refractivity contribution is -0.116. The molecule has 1 aromatic carbocycles. The highest BCUT2D eigenvalue weighted by Crippen LogP contribution is 2.13. The molecule has 2 aromatic rings. The van der Waals surface area contributed by atoms with Gasteiger partial charge in [-0.25, -0.2) is 8.78 Å². The highest BCUT2D eigenvalue weighted by Gasteiger charge is 2.09. The van der Waals surface area contributed by atoms with Crippen molar-refractivity contribution in [3.05, 3.63) is 42.0 Å². The number of nitriles is 1. The Bertz CT molecular complexity index is 661. The summed E-state index contributed by atoms with van der Waals surface area (Å²) in [6.45, 7) is -0.200. The van der Waals surface area contributed by atoms with Gasteiger partial charge in [0.25, 0.3) is 0 Å². The second-order valence-electron chi connectivity index (χ2n) is 3.57. The summed E-state index contributed by atoms with van der Waals surface area (Å²) in [6.07, 6.45) is 1.23. The van der Waals surface area contributed by atoms with E-state index in [1.807, 2.05) is 0 Å². The van der Waals surface area contributed by atoms with Gasteiger partial charge in [-0.05, 0) is 12.1 Å². The second-order valence-corrected chi connectivity index (χ2v) is 3.57. The molecule has 1 N–H and O–H groups in total. The van der Waals surface area contributed by atoms with E-state index in [4.69, 9.17) is 5.26 Å². The Labute approximate surface area is 106 Å². The summed E-state index contributed by atoms with van der Waals surface area (Å²) in [6, 6.07) is 4.76. The molecule has 0 aliphatic rings. The van der Waals surface area contributed by atoms with Crippen LogP contribution in [0, 0.1) is 23.0 Å². The lowest BCUT2D eigenvalue weighted by atomic mass is 10.3. The Kier molecular flexibility index (Phi) is 3.47. The predicted molar refractivity (Wildman–Crippen MR) is 59.7 cm³/mol. The molecule has 2 rings (SSSR count). The lowest BCUT2D eigenvalue weighted by Gasteiger charge is -2.06. The smallest absolute Gasteiger partial charge is 0.244 e. The summed E-state index contributed by atoms with van der Waals surface area (Å²) in [5, 5.41) is 18.0. The predicted octanol–water partition coefficient (Wildman–Crippen LogP) is 1.07. The van der Waals surface area contributed by atoms with Crippen LogP contribution in [0.4, 0.5) is 14.5 Å². The summed E-state index contributed by atoms with van der Waals surface area (Å²) in [7, 11) is 0.